The lowest BCUT2D eigenvalue weighted by Gasteiger charge is -2.07. The topological polar surface area (TPSA) is 43.8 Å². The molecule has 2 N–H and O–H groups in total. The molecule has 0 bridgehead atoms. The van der Waals surface area contributed by atoms with Gasteiger partial charge < -0.3 is 5.73 Å². The Balaban J connectivity index is 2.63. The van der Waals surface area contributed by atoms with E-state index in [0.717, 1.165) is 17.9 Å². The number of hydrogen-bond acceptors (Lipinski definition) is 3. The molecular formula is C13H19N3S. The van der Waals surface area contributed by atoms with Gasteiger partial charge in [0.05, 0.1) is 4.88 Å². The van der Waals surface area contributed by atoms with Crippen LogP contribution >= 0.6 is 11.3 Å². The summed E-state index contributed by atoms with van der Waals surface area (Å²) in [7, 11) is 1.91. The monoisotopic (exact) mass is 249 g/mol. The maximum atomic E-state index is 6.11. The fourth-order valence-corrected chi connectivity index (χ4v) is 3.11. The second-order valence-electron chi connectivity index (χ2n) is 4.55. The van der Waals surface area contributed by atoms with Gasteiger partial charge in [-0.2, -0.15) is 5.10 Å². The molecule has 0 radical (unpaired) electrons. The number of aromatic nitrogens is 2. The molecule has 0 aliphatic rings. The Morgan fingerprint density at radius 1 is 1.47 bits per heavy atom. The van der Waals surface area contributed by atoms with Crippen molar-refractivity contribution in [3.05, 3.63) is 22.6 Å². The maximum Gasteiger partial charge on any atom is 0.125 e. The Hall–Kier alpha value is -1.29. The highest BCUT2D eigenvalue weighted by molar-refractivity contribution is 7.13. The molecule has 0 spiro atoms. The van der Waals surface area contributed by atoms with Crippen LogP contribution in [0.3, 0.4) is 0 Å². The van der Waals surface area contributed by atoms with E-state index in [1.165, 1.54) is 16.0 Å². The fraction of sp³-hybridized carbons (Fsp3) is 0.462. The standard InChI is InChI=1S/C13H19N3S/c1-5-9-6-7-17-12(9)11-10(8(2)3)13(14)16(4)15-11/h6-8H,5,14H2,1-4H3. The van der Waals surface area contributed by atoms with Crippen molar-refractivity contribution in [2.75, 3.05) is 5.73 Å². The molecular weight excluding hydrogens is 230 g/mol. The largest absolute Gasteiger partial charge is 0.384 e. The first-order valence-electron chi connectivity index (χ1n) is 5.95. The normalized spacial score (nSPS) is 11.4. The third-order valence-corrected chi connectivity index (χ3v) is 4.01. The molecule has 3 nitrogen and oxygen atoms in total. The van der Waals surface area contributed by atoms with Gasteiger partial charge in [0.25, 0.3) is 0 Å². The molecule has 17 heavy (non-hydrogen) atoms. The zero-order valence-corrected chi connectivity index (χ0v) is 11.6. The van der Waals surface area contributed by atoms with E-state index >= 15 is 0 Å². The van der Waals surface area contributed by atoms with E-state index in [2.05, 4.69) is 37.3 Å². The minimum atomic E-state index is 0.394. The molecule has 0 aromatic carbocycles. The number of nitrogen functional groups attached to an aromatic ring is 1. The van der Waals surface area contributed by atoms with Gasteiger partial charge in [-0.3, -0.25) is 4.68 Å². The molecule has 0 saturated heterocycles. The second kappa shape index (κ2) is 4.53. The van der Waals surface area contributed by atoms with Crippen molar-refractivity contribution in [2.24, 2.45) is 7.05 Å². The van der Waals surface area contributed by atoms with Gasteiger partial charge >= 0.3 is 0 Å². The first-order chi connectivity index (χ1) is 8.06. The quantitative estimate of drug-likeness (QED) is 0.905. The molecule has 2 aromatic heterocycles. The van der Waals surface area contributed by atoms with Crippen LogP contribution in [0.25, 0.3) is 10.6 Å². The second-order valence-corrected chi connectivity index (χ2v) is 5.47. The van der Waals surface area contributed by atoms with Gasteiger partial charge in [-0.1, -0.05) is 20.8 Å². The minimum absolute atomic E-state index is 0.394. The van der Waals surface area contributed by atoms with Crippen molar-refractivity contribution in [2.45, 2.75) is 33.1 Å². The van der Waals surface area contributed by atoms with Crippen molar-refractivity contribution < 1.29 is 0 Å². The molecule has 0 amide bonds. The molecule has 0 atom stereocenters. The van der Waals surface area contributed by atoms with Gasteiger partial charge in [0, 0.05) is 12.6 Å². The molecule has 92 valence electrons. The summed E-state index contributed by atoms with van der Waals surface area (Å²) in [6, 6.07) is 2.18. The number of rotatable bonds is 3. The lowest BCUT2D eigenvalue weighted by molar-refractivity contribution is 0.780. The molecule has 0 saturated carbocycles. The van der Waals surface area contributed by atoms with E-state index in [1.807, 2.05) is 7.05 Å². The van der Waals surface area contributed by atoms with Crippen LogP contribution in [-0.2, 0) is 13.5 Å². The van der Waals surface area contributed by atoms with Crippen LogP contribution in [0.15, 0.2) is 11.4 Å². The number of nitrogens with two attached hydrogens (primary N) is 1. The zero-order chi connectivity index (χ0) is 12.6. The predicted octanol–water partition coefficient (Wildman–Crippen LogP) is 3.42. The van der Waals surface area contributed by atoms with E-state index in [0.29, 0.717) is 5.92 Å². The van der Waals surface area contributed by atoms with Gasteiger partial charge in [-0.25, -0.2) is 0 Å². The van der Waals surface area contributed by atoms with Crippen molar-refractivity contribution in [1.29, 1.82) is 0 Å². The number of aryl methyl sites for hydroxylation is 2. The van der Waals surface area contributed by atoms with Crippen LogP contribution in [0.4, 0.5) is 5.82 Å². The average Bonchev–Trinajstić information content (AvgIpc) is 2.84. The van der Waals surface area contributed by atoms with Crippen LogP contribution in [0, 0.1) is 0 Å². The molecule has 0 aliphatic heterocycles. The highest BCUT2D eigenvalue weighted by atomic mass is 32.1. The molecule has 2 aromatic rings. The van der Waals surface area contributed by atoms with E-state index in [4.69, 9.17) is 5.73 Å². The third kappa shape index (κ3) is 1.97. The van der Waals surface area contributed by atoms with Gasteiger partial charge in [-0.05, 0) is 29.3 Å². The smallest absolute Gasteiger partial charge is 0.125 e. The zero-order valence-electron chi connectivity index (χ0n) is 10.8. The predicted molar refractivity (Wildman–Crippen MR) is 74.4 cm³/mol. The summed E-state index contributed by atoms with van der Waals surface area (Å²) in [6.45, 7) is 6.50. The Kier molecular flexibility index (Phi) is 3.24. The van der Waals surface area contributed by atoms with Crippen molar-refractivity contribution >= 4 is 17.2 Å². The van der Waals surface area contributed by atoms with Gasteiger partial charge in [0.2, 0.25) is 0 Å². The summed E-state index contributed by atoms with van der Waals surface area (Å²) in [5.41, 5.74) is 9.70. The minimum Gasteiger partial charge on any atom is -0.384 e. The Bertz CT molecular complexity index is 523. The molecule has 2 heterocycles. The van der Waals surface area contributed by atoms with Crippen LogP contribution < -0.4 is 5.73 Å². The van der Waals surface area contributed by atoms with E-state index in [9.17, 15) is 0 Å². The fourth-order valence-electron chi connectivity index (χ4n) is 2.11. The highest BCUT2D eigenvalue weighted by Crippen LogP contribution is 2.37. The first kappa shape index (κ1) is 12.2. The van der Waals surface area contributed by atoms with Gasteiger partial charge in [0.15, 0.2) is 0 Å². The lowest BCUT2D eigenvalue weighted by atomic mass is 10.0. The van der Waals surface area contributed by atoms with Crippen molar-refractivity contribution in [3.8, 4) is 10.6 Å². The van der Waals surface area contributed by atoms with E-state index < -0.39 is 0 Å². The van der Waals surface area contributed by atoms with E-state index in [1.54, 1.807) is 16.0 Å². The summed E-state index contributed by atoms with van der Waals surface area (Å²) in [5.74, 6) is 1.18. The molecule has 4 heteroatoms. The van der Waals surface area contributed by atoms with E-state index in [-0.39, 0.29) is 0 Å². The summed E-state index contributed by atoms with van der Waals surface area (Å²) < 4.78 is 1.78. The third-order valence-electron chi connectivity index (χ3n) is 3.05. The molecule has 2 rings (SSSR count). The SMILES string of the molecule is CCc1ccsc1-c1nn(C)c(N)c1C(C)C. The average molecular weight is 249 g/mol. The van der Waals surface area contributed by atoms with Gasteiger partial charge in [0.1, 0.15) is 11.5 Å². The summed E-state index contributed by atoms with van der Waals surface area (Å²) in [5, 5.41) is 6.71. The number of thiophene rings is 1. The summed E-state index contributed by atoms with van der Waals surface area (Å²) in [6.07, 6.45) is 1.03. The Morgan fingerprint density at radius 2 is 2.18 bits per heavy atom. The molecule has 0 aliphatic carbocycles. The Morgan fingerprint density at radius 3 is 2.76 bits per heavy atom. The van der Waals surface area contributed by atoms with Crippen LogP contribution in [0.1, 0.15) is 37.8 Å². The van der Waals surface area contributed by atoms with Crippen molar-refractivity contribution in [3.63, 3.8) is 0 Å². The van der Waals surface area contributed by atoms with Crippen LogP contribution in [0.2, 0.25) is 0 Å². The molecule has 0 unspecified atom stereocenters. The van der Waals surface area contributed by atoms with Crippen LogP contribution in [0.5, 0.6) is 0 Å². The number of hydrogen-bond donors (Lipinski definition) is 1. The summed E-state index contributed by atoms with van der Waals surface area (Å²) >= 11 is 1.75. The Labute approximate surface area is 106 Å². The first-order valence-corrected chi connectivity index (χ1v) is 6.83. The summed E-state index contributed by atoms with van der Waals surface area (Å²) in [4.78, 5) is 1.27. The van der Waals surface area contributed by atoms with Crippen molar-refractivity contribution in [1.82, 2.24) is 9.78 Å². The number of anilines is 1. The van der Waals surface area contributed by atoms with Crippen LogP contribution in [-0.4, -0.2) is 9.78 Å². The maximum absolute atomic E-state index is 6.11. The lowest BCUT2D eigenvalue weighted by Crippen LogP contribution is -2.00. The molecule has 0 fully saturated rings. The van der Waals surface area contributed by atoms with Gasteiger partial charge in [-0.15, -0.1) is 11.3 Å². The highest BCUT2D eigenvalue weighted by Gasteiger charge is 2.20. The number of nitrogens with zero attached hydrogens (tertiary/aromatic N) is 2.